The molecule has 110 valence electrons. The first-order valence-electron chi connectivity index (χ1n) is 4.17. The van der Waals surface area contributed by atoms with Gasteiger partial charge in [-0.2, -0.15) is 0 Å². The van der Waals surface area contributed by atoms with Gasteiger partial charge in [-0.1, -0.05) is 0 Å². The van der Waals surface area contributed by atoms with Crippen LogP contribution < -0.4 is 0 Å². The first kappa shape index (κ1) is 19.7. The summed E-state index contributed by atoms with van der Waals surface area (Å²) in [6.45, 7) is -1.10. The molecule has 0 aromatic rings. The third-order valence-corrected chi connectivity index (χ3v) is 2.18. The normalized spacial score (nSPS) is 18.3. The highest BCUT2D eigenvalue weighted by Gasteiger charge is 2.36. The maximum Gasteiger partial charge on any atom is 0.469 e. The van der Waals surface area contributed by atoms with Crippen LogP contribution in [0.5, 0.6) is 0 Å². The minimum atomic E-state index is -4.90. The van der Waals surface area contributed by atoms with Crippen LogP contribution in [0.4, 0.5) is 4.39 Å². The van der Waals surface area contributed by atoms with E-state index in [0.29, 0.717) is 0 Å². The molecule has 0 heterocycles. The number of aliphatic hydroxyl groups is 3. The van der Waals surface area contributed by atoms with Crippen molar-refractivity contribution in [3.05, 3.63) is 0 Å². The molecule has 0 rings (SSSR count). The van der Waals surface area contributed by atoms with Crippen LogP contribution in [-0.2, 0) is 13.9 Å². The third kappa shape index (κ3) is 6.93. The number of rotatable bonds is 7. The van der Waals surface area contributed by atoms with Gasteiger partial charge in [-0.05, 0) is 0 Å². The van der Waals surface area contributed by atoms with Crippen molar-refractivity contribution in [3.63, 3.8) is 0 Å². The lowest BCUT2D eigenvalue weighted by molar-refractivity contribution is -0.155. The summed E-state index contributed by atoms with van der Waals surface area (Å²) >= 11 is 0. The number of halogens is 1. The highest BCUT2D eigenvalue weighted by Crippen LogP contribution is 2.35. The molecule has 0 saturated heterocycles. The molecule has 8 N–H and O–H groups in total. The summed E-state index contributed by atoms with van der Waals surface area (Å²) in [6, 6.07) is 0. The summed E-state index contributed by atoms with van der Waals surface area (Å²) < 4.78 is 26.7. The lowest BCUT2D eigenvalue weighted by atomic mass is 10.0. The number of phosphoric acid groups is 1. The lowest BCUT2D eigenvalue weighted by Gasteiger charge is -2.23. The zero-order chi connectivity index (χ0) is 13.8. The number of alkyl halides is 1. The van der Waals surface area contributed by atoms with Crippen LogP contribution in [0, 0.1) is 0 Å². The van der Waals surface area contributed by atoms with E-state index in [0.717, 1.165) is 0 Å². The van der Waals surface area contributed by atoms with E-state index in [1.165, 1.54) is 0 Å². The Balaban J connectivity index is 0. The molecule has 0 fully saturated rings. The summed E-state index contributed by atoms with van der Waals surface area (Å²) in [4.78, 5) is 26.6. The van der Waals surface area contributed by atoms with Gasteiger partial charge in [0.2, 0.25) is 6.17 Å². The maximum atomic E-state index is 12.7. The van der Waals surface area contributed by atoms with Gasteiger partial charge in [0.1, 0.15) is 18.3 Å². The average molecular weight is 296 g/mol. The molecule has 0 aliphatic rings. The van der Waals surface area contributed by atoms with Crippen molar-refractivity contribution in [3.8, 4) is 0 Å². The Morgan fingerprint density at radius 2 is 1.67 bits per heavy atom. The molecule has 18 heavy (non-hydrogen) atoms. The second-order valence-electron chi connectivity index (χ2n) is 3.07. The van der Waals surface area contributed by atoms with Crippen LogP contribution >= 0.6 is 7.82 Å². The largest absolute Gasteiger partial charge is 0.479 e. The van der Waals surface area contributed by atoms with Crippen LogP contribution in [0.1, 0.15) is 0 Å². The Kier molecular flexibility index (Phi) is 8.43. The molecule has 12 heteroatoms. The molecule has 0 aliphatic carbocycles. The van der Waals surface area contributed by atoms with Gasteiger partial charge in [-0.15, -0.1) is 0 Å². The third-order valence-electron chi connectivity index (χ3n) is 1.69. The Hall–Kier alpha value is -0.650. The smallest absolute Gasteiger partial charge is 0.469 e. The van der Waals surface area contributed by atoms with Gasteiger partial charge in [0.05, 0.1) is 6.61 Å². The van der Waals surface area contributed by atoms with Crippen LogP contribution in [0.25, 0.3) is 0 Å². The SMILES string of the molecule is O.O=C(O)[C@H](F)[C@@H](O)[C@H](O)[C@H](O)COP(=O)(O)O. The molecule has 0 aromatic carbocycles. The van der Waals surface area contributed by atoms with E-state index in [9.17, 15) is 13.8 Å². The van der Waals surface area contributed by atoms with Gasteiger partial charge >= 0.3 is 13.8 Å². The van der Waals surface area contributed by atoms with Crippen molar-refractivity contribution in [2.24, 2.45) is 0 Å². The zero-order valence-electron chi connectivity index (χ0n) is 8.75. The molecule has 0 bridgehead atoms. The van der Waals surface area contributed by atoms with Crippen molar-refractivity contribution in [2.75, 3.05) is 6.61 Å². The number of hydrogen-bond acceptors (Lipinski definition) is 6. The summed E-state index contributed by atoms with van der Waals surface area (Å²) in [7, 11) is -4.90. The quantitative estimate of drug-likeness (QED) is 0.262. The first-order chi connectivity index (χ1) is 7.56. The monoisotopic (exact) mass is 296 g/mol. The van der Waals surface area contributed by atoms with Gasteiger partial charge in [0, 0.05) is 0 Å². The Labute approximate surface area is 99.8 Å². The molecule has 0 saturated carbocycles. The standard InChI is InChI=1S/C6H12FO9P.H2O/c7-3(6(11)12)5(10)4(9)2(8)1-16-17(13,14)15;/h2-5,8-10H,1H2,(H,11,12)(H2,13,14,15);1H2/t2-,3-,4-,5-;/m1./s1. The topological polar surface area (TPSA) is 196 Å². The molecule has 4 atom stereocenters. The van der Waals surface area contributed by atoms with Crippen molar-refractivity contribution < 1.29 is 54.0 Å². The molecule has 10 nitrogen and oxygen atoms in total. The number of carboxylic acid groups (broad SMARTS) is 1. The van der Waals surface area contributed by atoms with Gasteiger partial charge in [0.15, 0.2) is 0 Å². The predicted molar refractivity (Wildman–Crippen MR) is 52.2 cm³/mol. The second-order valence-corrected chi connectivity index (χ2v) is 4.31. The van der Waals surface area contributed by atoms with Crippen LogP contribution in [0.15, 0.2) is 0 Å². The highest BCUT2D eigenvalue weighted by molar-refractivity contribution is 7.46. The fourth-order valence-corrected chi connectivity index (χ4v) is 1.17. The minimum Gasteiger partial charge on any atom is -0.479 e. The van der Waals surface area contributed by atoms with Crippen LogP contribution in [-0.4, -0.2) is 72.7 Å². The van der Waals surface area contributed by atoms with Crippen molar-refractivity contribution >= 4 is 13.8 Å². The summed E-state index contributed by atoms with van der Waals surface area (Å²) in [5.41, 5.74) is 0. The summed E-state index contributed by atoms with van der Waals surface area (Å²) in [6.07, 6.45) is -9.64. The number of carbonyl (C=O) groups is 1. The summed E-state index contributed by atoms with van der Waals surface area (Å²) in [5.74, 6) is -2.06. The first-order valence-corrected chi connectivity index (χ1v) is 5.70. The minimum absolute atomic E-state index is 0. The van der Waals surface area contributed by atoms with Crippen LogP contribution in [0.3, 0.4) is 0 Å². The molecule has 0 aromatic heterocycles. The number of hydrogen-bond donors (Lipinski definition) is 6. The highest BCUT2D eigenvalue weighted by atomic mass is 31.2. The average Bonchev–Trinajstić information content (AvgIpc) is 2.21. The van der Waals surface area contributed by atoms with Gasteiger partial charge in [-0.25, -0.2) is 13.8 Å². The summed E-state index contributed by atoms with van der Waals surface area (Å²) in [5, 5.41) is 35.2. The van der Waals surface area contributed by atoms with Crippen LogP contribution in [0.2, 0.25) is 0 Å². The van der Waals surface area contributed by atoms with E-state index in [-0.39, 0.29) is 5.48 Å². The van der Waals surface area contributed by atoms with Crippen molar-refractivity contribution in [2.45, 2.75) is 24.5 Å². The van der Waals surface area contributed by atoms with E-state index >= 15 is 0 Å². The maximum absolute atomic E-state index is 12.7. The van der Waals surface area contributed by atoms with E-state index in [4.69, 9.17) is 30.2 Å². The molecule has 0 radical (unpaired) electrons. The number of phosphoric ester groups is 1. The number of aliphatic hydroxyl groups excluding tert-OH is 3. The lowest BCUT2D eigenvalue weighted by Crippen LogP contribution is -2.47. The fourth-order valence-electron chi connectivity index (χ4n) is 0.819. The molecule has 0 spiro atoms. The molecular formula is C6H14FO10P. The molecular weight excluding hydrogens is 282 g/mol. The van der Waals surface area contributed by atoms with Gasteiger partial charge < -0.3 is 35.7 Å². The van der Waals surface area contributed by atoms with Gasteiger partial charge in [-0.3, -0.25) is 4.52 Å². The molecule has 0 aliphatic heterocycles. The second kappa shape index (κ2) is 7.71. The molecule has 0 amide bonds. The number of carboxylic acids is 1. The number of aliphatic carboxylic acids is 1. The van der Waals surface area contributed by atoms with Crippen molar-refractivity contribution in [1.82, 2.24) is 0 Å². The van der Waals surface area contributed by atoms with E-state index in [2.05, 4.69) is 4.52 Å². The Morgan fingerprint density at radius 3 is 2.00 bits per heavy atom. The fraction of sp³-hybridized carbons (Fsp3) is 0.833. The van der Waals surface area contributed by atoms with Crippen molar-refractivity contribution in [1.29, 1.82) is 0 Å². The molecule has 0 unspecified atom stereocenters. The van der Waals surface area contributed by atoms with E-state index in [1.54, 1.807) is 0 Å². The zero-order valence-corrected chi connectivity index (χ0v) is 9.64. The van der Waals surface area contributed by atoms with Gasteiger partial charge in [0.25, 0.3) is 0 Å². The Morgan fingerprint density at radius 1 is 1.22 bits per heavy atom. The van der Waals surface area contributed by atoms with E-state index < -0.39 is 44.9 Å². The predicted octanol–water partition coefficient (Wildman–Crippen LogP) is -3.22. The van der Waals surface area contributed by atoms with E-state index in [1.807, 2.05) is 0 Å². The Bertz CT molecular complexity index is 305.